The van der Waals surface area contributed by atoms with Crippen molar-refractivity contribution in [3.05, 3.63) is 53.2 Å². The van der Waals surface area contributed by atoms with Gasteiger partial charge in [-0.2, -0.15) is 5.26 Å². The molecule has 1 N–H and O–H groups in total. The lowest BCUT2D eigenvalue weighted by Gasteiger charge is -2.15. The van der Waals surface area contributed by atoms with Gasteiger partial charge in [0.2, 0.25) is 5.91 Å². The van der Waals surface area contributed by atoms with Crippen LogP contribution in [-0.2, 0) is 11.2 Å². The van der Waals surface area contributed by atoms with E-state index in [-0.39, 0.29) is 11.2 Å². The van der Waals surface area contributed by atoms with Crippen LogP contribution in [0.15, 0.2) is 41.4 Å². The highest BCUT2D eigenvalue weighted by atomic mass is 32.2. The quantitative estimate of drug-likeness (QED) is 0.658. The Kier molecular flexibility index (Phi) is 7.68. The van der Waals surface area contributed by atoms with E-state index in [0.717, 1.165) is 36.2 Å². The van der Waals surface area contributed by atoms with Gasteiger partial charge in [-0.05, 0) is 56.0 Å². The lowest BCUT2D eigenvalue weighted by molar-refractivity contribution is -0.115. The van der Waals surface area contributed by atoms with E-state index >= 15 is 0 Å². The SMILES string of the molecule is CCCCc1ccc(C#N)c(SC(CC)C(=O)Nc2cccc(C)c2)n1. The average molecular weight is 368 g/mol. The summed E-state index contributed by atoms with van der Waals surface area (Å²) in [4.78, 5) is 17.3. The number of aryl methyl sites for hydroxylation is 2. The summed E-state index contributed by atoms with van der Waals surface area (Å²) in [7, 11) is 0. The number of hydrogen-bond donors (Lipinski definition) is 1. The van der Waals surface area contributed by atoms with Crippen molar-refractivity contribution < 1.29 is 4.79 Å². The minimum Gasteiger partial charge on any atom is -0.325 e. The van der Waals surface area contributed by atoms with E-state index in [1.165, 1.54) is 11.8 Å². The third-order valence-corrected chi connectivity index (χ3v) is 5.39. The molecule has 1 atom stereocenters. The van der Waals surface area contributed by atoms with Gasteiger partial charge < -0.3 is 5.32 Å². The van der Waals surface area contributed by atoms with Crippen molar-refractivity contribution in [3.63, 3.8) is 0 Å². The number of nitrogens with one attached hydrogen (secondary N) is 1. The Balaban J connectivity index is 2.15. The Bertz CT molecular complexity index is 798. The zero-order chi connectivity index (χ0) is 18.9. The van der Waals surface area contributed by atoms with Crippen molar-refractivity contribution in [2.45, 2.75) is 56.7 Å². The van der Waals surface area contributed by atoms with Gasteiger partial charge in [0, 0.05) is 11.4 Å². The molecular weight excluding hydrogens is 342 g/mol. The molecule has 0 aliphatic carbocycles. The lowest BCUT2D eigenvalue weighted by Crippen LogP contribution is -2.24. The highest BCUT2D eigenvalue weighted by Crippen LogP contribution is 2.28. The number of carbonyl (C=O) groups excluding carboxylic acids is 1. The third kappa shape index (κ3) is 5.60. The minimum atomic E-state index is -0.295. The molecule has 5 heteroatoms. The first kappa shape index (κ1) is 20.0. The number of nitrogens with zero attached hydrogens (tertiary/aromatic N) is 2. The van der Waals surface area contributed by atoms with Crippen LogP contribution in [0.5, 0.6) is 0 Å². The molecule has 0 spiro atoms. The summed E-state index contributed by atoms with van der Waals surface area (Å²) in [5.41, 5.74) is 3.39. The number of thioether (sulfide) groups is 1. The number of benzene rings is 1. The topological polar surface area (TPSA) is 65.8 Å². The van der Waals surface area contributed by atoms with Gasteiger partial charge in [-0.1, -0.05) is 44.2 Å². The Morgan fingerprint density at radius 3 is 2.77 bits per heavy atom. The lowest BCUT2D eigenvalue weighted by atomic mass is 10.2. The van der Waals surface area contributed by atoms with Gasteiger partial charge in [0.1, 0.15) is 11.1 Å². The number of carbonyl (C=O) groups is 1. The van der Waals surface area contributed by atoms with Gasteiger partial charge in [-0.25, -0.2) is 4.98 Å². The Morgan fingerprint density at radius 1 is 1.31 bits per heavy atom. The van der Waals surface area contributed by atoms with E-state index in [0.29, 0.717) is 17.0 Å². The first-order chi connectivity index (χ1) is 12.6. The summed E-state index contributed by atoms with van der Waals surface area (Å²) in [5, 5.41) is 12.7. The average Bonchev–Trinajstić information content (AvgIpc) is 2.64. The van der Waals surface area contributed by atoms with Crippen LogP contribution < -0.4 is 5.32 Å². The van der Waals surface area contributed by atoms with Crippen molar-refractivity contribution in [1.29, 1.82) is 5.26 Å². The molecule has 1 aromatic heterocycles. The van der Waals surface area contributed by atoms with Crippen LogP contribution in [0.25, 0.3) is 0 Å². The molecule has 0 radical (unpaired) electrons. The maximum atomic E-state index is 12.7. The number of nitriles is 1. The highest BCUT2D eigenvalue weighted by molar-refractivity contribution is 8.00. The van der Waals surface area contributed by atoms with Crippen molar-refractivity contribution >= 4 is 23.4 Å². The predicted molar refractivity (Wildman–Crippen MR) is 107 cm³/mol. The second-order valence-corrected chi connectivity index (χ2v) is 7.44. The standard InChI is InChI=1S/C21H25N3OS/c1-4-6-9-17-12-11-16(14-22)21(24-17)26-19(5-2)20(25)23-18-10-7-8-15(3)13-18/h7-8,10-13,19H,4-6,9H2,1-3H3,(H,23,25). The molecule has 1 amide bonds. The number of rotatable bonds is 8. The molecule has 0 fully saturated rings. The summed E-state index contributed by atoms with van der Waals surface area (Å²) in [6, 6.07) is 13.6. The van der Waals surface area contributed by atoms with E-state index in [9.17, 15) is 10.1 Å². The van der Waals surface area contributed by atoms with Gasteiger partial charge in [-0.15, -0.1) is 0 Å². The highest BCUT2D eigenvalue weighted by Gasteiger charge is 2.21. The molecule has 1 unspecified atom stereocenters. The summed E-state index contributed by atoms with van der Waals surface area (Å²) in [6.07, 6.45) is 3.71. The van der Waals surface area contributed by atoms with Gasteiger partial charge in [0.25, 0.3) is 0 Å². The summed E-state index contributed by atoms with van der Waals surface area (Å²) >= 11 is 1.37. The largest absolute Gasteiger partial charge is 0.325 e. The second-order valence-electron chi connectivity index (χ2n) is 6.24. The van der Waals surface area contributed by atoms with Gasteiger partial charge in [-0.3, -0.25) is 4.79 Å². The summed E-state index contributed by atoms with van der Waals surface area (Å²) in [5.74, 6) is -0.0623. The normalized spacial score (nSPS) is 11.6. The Hall–Kier alpha value is -2.32. The number of anilines is 1. The zero-order valence-corrected chi connectivity index (χ0v) is 16.4. The maximum absolute atomic E-state index is 12.7. The van der Waals surface area contributed by atoms with Crippen LogP contribution in [0, 0.1) is 18.3 Å². The third-order valence-electron chi connectivity index (χ3n) is 4.03. The number of amides is 1. The van der Waals surface area contributed by atoms with Crippen molar-refractivity contribution in [2.24, 2.45) is 0 Å². The van der Waals surface area contributed by atoms with Gasteiger partial charge in [0.15, 0.2) is 0 Å². The van der Waals surface area contributed by atoms with Crippen LogP contribution in [0.1, 0.15) is 49.9 Å². The van der Waals surface area contributed by atoms with Crippen molar-refractivity contribution in [1.82, 2.24) is 4.98 Å². The number of pyridine rings is 1. The predicted octanol–water partition coefficient (Wildman–Crippen LogP) is 5.11. The zero-order valence-electron chi connectivity index (χ0n) is 15.6. The van der Waals surface area contributed by atoms with E-state index in [1.54, 1.807) is 0 Å². The first-order valence-electron chi connectivity index (χ1n) is 9.01. The fraction of sp³-hybridized carbons (Fsp3) is 0.381. The molecule has 1 aromatic carbocycles. The maximum Gasteiger partial charge on any atom is 0.237 e. The molecule has 26 heavy (non-hydrogen) atoms. The molecule has 4 nitrogen and oxygen atoms in total. The van der Waals surface area contributed by atoms with Crippen LogP contribution >= 0.6 is 11.8 Å². The summed E-state index contributed by atoms with van der Waals surface area (Å²) in [6.45, 7) is 6.11. The van der Waals surface area contributed by atoms with E-state index in [1.807, 2.05) is 50.2 Å². The number of aromatic nitrogens is 1. The molecule has 0 saturated heterocycles. The van der Waals surface area contributed by atoms with E-state index in [2.05, 4.69) is 23.3 Å². The molecule has 136 valence electrons. The molecular formula is C21H25N3OS. The number of hydrogen-bond acceptors (Lipinski definition) is 4. The van der Waals surface area contributed by atoms with Crippen LogP contribution in [0.2, 0.25) is 0 Å². The molecule has 2 aromatic rings. The Labute approximate surface area is 160 Å². The fourth-order valence-corrected chi connectivity index (χ4v) is 3.57. The van der Waals surface area contributed by atoms with Crippen molar-refractivity contribution in [2.75, 3.05) is 5.32 Å². The summed E-state index contributed by atoms with van der Waals surface area (Å²) < 4.78 is 0. The fourth-order valence-electron chi connectivity index (χ4n) is 2.55. The first-order valence-corrected chi connectivity index (χ1v) is 9.89. The molecule has 0 aliphatic heterocycles. The van der Waals surface area contributed by atoms with Crippen LogP contribution in [-0.4, -0.2) is 16.1 Å². The van der Waals surface area contributed by atoms with Crippen LogP contribution in [0.4, 0.5) is 5.69 Å². The molecule has 0 aliphatic rings. The Morgan fingerprint density at radius 2 is 2.12 bits per heavy atom. The molecule has 1 heterocycles. The van der Waals surface area contributed by atoms with Gasteiger partial charge in [0.05, 0.1) is 10.8 Å². The van der Waals surface area contributed by atoms with E-state index < -0.39 is 0 Å². The minimum absolute atomic E-state index is 0.0623. The van der Waals surface area contributed by atoms with E-state index in [4.69, 9.17) is 0 Å². The smallest absolute Gasteiger partial charge is 0.237 e. The monoisotopic (exact) mass is 367 g/mol. The van der Waals surface area contributed by atoms with Gasteiger partial charge >= 0.3 is 0 Å². The molecule has 0 saturated carbocycles. The van der Waals surface area contributed by atoms with Crippen molar-refractivity contribution in [3.8, 4) is 6.07 Å². The molecule has 0 bridgehead atoms. The van der Waals surface area contributed by atoms with Crippen LogP contribution in [0.3, 0.4) is 0 Å². The number of unbranched alkanes of at least 4 members (excludes halogenated alkanes) is 1. The second kappa shape index (κ2) is 9.98. The molecule has 2 rings (SSSR count).